The van der Waals surface area contributed by atoms with Crippen LogP contribution in [0.4, 0.5) is 0 Å². The minimum Gasteiger partial charge on any atom is -0.462 e. The SMILES string of the molecule is O=C(CCCOC(=O)c1c2c(nc3ccccc13)CCCC2)c1cccs1. The second-order valence-electron chi connectivity index (χ2n) is 6.78. The first-order valence-corrected chi connectivity index (χ1v) is 10.3. The first-order chi connectivity index (χ1) is 13.2. The lowest BCUT2D eigenvalue weighted by Crippen LogP contribution is -2.16. The number of aromatic nitrogens is 1. The molecule has 0 saturated carbocycles. The molecule has 1 aliphatic carbocycles. The minimum atomic E-state index is -0.296. The molecule has 4 rings (SSSR count). The zero-order valence-electron chi connectivity index (χ0n) is 15.1. The van der Waals surface area contributed by atoms with Gasteiger partial charge in [0.2, 0.25) is 0 Å². The van der Waals surface area contributed by atoms with Gasteiger partial charge in [-0.05, 0) is 55.2 Å². The summed E-state index contributed by atoms with van der Waals surface area (Å²) in [4.78, 5) is 30.4. The third-order valence-corrected chi connectivity index (χ3v) is 5.86. The molecule has 0 atom stereocenters. The number of ketones is 1. The molecule has 1 aromatic carbocycles. The number of benzene rings is 1. The van der Waals surface area contributed by atoms with E-state index in [0.717, 1.165) is 52.7 Å². The van der Waals surface area contributed by atoms with Gasteiger partial charge in [-0.1, -0.05) is 24.3 Å². The third-order valence-electron chi connectivity index (χ3n) is 4.95. The van der Waals surface area contributed by atoms with Crippen molar-refractivity contribution in [1.82, 2.24) is 4.98 Å². The molecule has 0 N–H and O–H groups in total. The Morgan fingerprint density at radius 2 is 1.93 bits per heavy atom. The highest BCUT2D eigenvalue weighted by Gasteiger charge is 2.23. The normalized spacial score (nSPS) is 13.3. The number of fused-ring (bicyclic) bond motifs is 2. The second kappa shape index (κ2) is 8.01. The van der Waals surface area contributed by atoms with Crippen LogP contribution in [0.25, 0.3) is 10.9 Å². The van der Waals surface area contributed by atoms with Crippen molar-refractivity contribution in [3.63, 3.8) is 0 Å². The molecule has 0 unspecified atom stereocenters. The fourth-order valence-corrected chi connectivity index (χ4v) is 4.33. The van der Waals surface area contributed by atoms with Crippen molar-refractivity contribution in [3.05, 3.63) is 63.5 Å². The van der Waals surface area contributed by atoms with Crippen LogP contribution in [-0.2, 0) is 17.6 Å². The predicted molar refractivity (Wildman–Crippen MR) is 107 cm³/mol. The van der Waals surface area contributed by atoms with Crippen molar-refractivity contribution >= 4 is 34.0 Å². The largest absolute Gasteiger partial charge is 0.462 e. The number of carbonyl (C=O) groups is 2. The Morgan fingerprint density at radius 1 is 1.07 bits per heavy atom. The van der Waals surface area contributed by atoms with E-state index in [1.54, 1.807) is 0 Å². The Labute approximate surface area is 162 Å². The second-order valence-corrected chi connectivity index (χ2v) is 7.72. The molecule has 2 aromatic heterocycles. The Hall–Kier alpha value is -2.53. The third kappa shape index (κ3) is 3.78. The molecule has 2 heterocycles. The van der Waals surface area contributed by atoms with E-state index in [9.17, 15) is 9.59 Å². The van der Waals surface area contributed by atoms with Gasteiger partial charge >= 0.3 is 5.97 Å². The number of aryl methyl sites for hydroxylation is 1. The van der Waals surface area contributed by atoms with Crippen LogP contribution in [0.2, 0.25) is 0 Å². The molecule has 0 aliphatic heterocycles. The monoisotopic (exact) mass is 379 g/mol. The lowest BCUT2D eigenvalue weighted by Gasteiger charge is -2.20. The molecular weight excluding hydrogens is 358 g/mol. The summed E-state index contributed by atoms with van der Waals surface area (Å²) in [6.45, 7) is 0.251. The highest BCUT2D eigenvalue weighted by atomic mass is 32.1. The van der Waals surface area contributed by atoms with Crippen molar-refractivity contribution in [2.24, 2.45) is 0 Å². The van der Waals surface area contributed by atoms with Gasteiger partial charge in [-0.2, -0.15) is 0 Å². The van der Waals surface area contributed by atoms with Gasteiger partial charge in [-0.15, -0.1) is 11.3 Å². The van der Waals surface area contributed by atoms with Crippen LogP contribution in [0.15, 0.2) is 41.8 Å². The molecule has 0 radical (unpaired) electrons. The van der Waals surface area contributed by atoms with Crippen LogP contribution in [0.5, 0.6) is 0 Å². The first-order valence-electron chi connectivity index (χ1n) is 9.38. The number of hydrogen-bond acceptors (Lipinski definition) is 5. The van der Waals surface area contributed by atoms with Crippen molar-refractivity contribution in [2.45, 2.75) is 38.5 Å². The van der Waals surface area contributed by atoms with Crippen LogP contribution in [0.3, 0.4) is 0 Å². The Balaban J connectivity index is 1.48. The summed E-state index contributed by atoms with van der Waals surface area (Å²) in [5.74, 6) is -0.192. The lowest BCUT2D eigenvalue weighted by molar-refractivity contribution is 0.0495. The van der Waals surface area contributed by atoms with E-state index < -0.39 is 0 Å². The van der Waals surface area contributed by atoms with E-state index in [0.29, 0.717) is 18.4 Å². The molecule has 27 heavy (non-hydrogen) atoms. The topological polar surface area (TPSA) is 56.3 Å². The van der Waals surface area contributed by atoms with E-state index in [2.05, 4.69) is 0 Å². The van der Waals surface area contributed by atoms with Gasteiger partial charge in [0, 0.05) is 17.5 Å². The van der Waals surface area contributed by atoms with Crippen molar-refractivity contribution in [2.75, 3.05) is 6.61 Å². The van der Waals surface area contributed by atoms with Crippen LogP contribution < -0.4 is 0 Å². The average Bonchev–Trinajstić information content (AvgIpc) is 3.24. The van der Waals surface area contributed by atoms with Gasteiger partial charge in [0.25, 0.3) is 0 Å². The Bertz CT molecular complexity index is 979. The molecule has 138 valence electrons. The van der Waals surface area contributed by atoms with Crippen LogP contribution in [0.1, 0.15) is 57.0 Å². The minimum absolute atomic E-state index is 0.104. The van der Waals surface area contributed by atoms with Crippen molar-refractivity contribution in [3.8, 4) is 0 Å². The van der Waals surface area contributed by atoms with E-state index in [-0.39, 0.29) is 18.4 Å². The number of pyridine rings is 1. The van der Waals surface area contributed by atoms with E-state index in [1.165, 1.54) is 11.3 Å². The maximum atomic E-state index is 12.9. The van der Waals surface area contributed by atoms with Crippen LogP contribution in [0, 0.1) is 0 Å². The van der Waals surface area contributed by atoms with Crippen LogP contribution in [-0.4, -0.2) is 23.3 Å². The smallest absolute Gasteiger partial charge is 0.339 e. The number of ether oxygens (including phenoxy) is 1. The van der Waals surface area contributed by atoms with Crippen LogP contribution >= 0.6 is 11.3 Å². The summed E-state index contributed by atoms with van der Waals surface area (Å²) < 4.78 is 5.55. The summed E-state index contributed by atoms with van der Waals surface area (Å²) in [7, 11) is 0. The molecule has 1 aliphatic rings. The molecule has 3 aromatic rings. The zero-order chi connectivity index (χ0) is 18.6. The van der Waals surface area contributed by atoms with Gasteiger partial charge in [-0.25, -0.2) is 4.79 Å². The molecule has 0 amide bonds. The average molecular weight is 379 g/mol. The Morgan fingerprint density at radius 3 is 2.78 bits per heavy atom. The molecule has 5 heteroatoms. The summed E-state index contributed by atoms with van der Waals surface area (Å²) in [5.41, 5.74) is 3.58. The summed E-state index contributed by atoms with van der Waals surface area (Å²) in [6.07, 6.45) is 4.89. The molecule has 0 fully saturated rings. The molecule has 0 bridgehead atoms. The number of hydrogen-bond donors (Lipinski definition) is 0. The number of carbonyl (C=O) groups excluding carboxylic acids is 2. The number of rotatable bonds is 6. The number of nitrogens with zero attached hydrogens (tertiary/aromatic N) is 1. The standard InChI is InChI=1S/C22H21NO3S/c24-19(20-12-6-14-27-20)11-5-13-26-22(25)21-15-7-1-3-9-17(15)23-18-10-4-2-8-16(18)21/h1,3,6-7,9,12,14H,2,4-5,8,10-11,13H2. The first kappa shape index (κ1) is 17.9. The quantitative estimate of drug-likeness (QED) is 0.344. The maximum Gasteiger partial charge on any atom is 0.339 e. The van der Waals surface area contributed by atoms with Crippen molar-refractivity contribution in [1.29, 1.82) is 0 Å². The number of para-hydroxylation sites is 1. The summed E-state index contributed by atoms with van der Waals surface area (Å²) in [6, 6.07) is 11.4. The predicted octanol–water partition coefficient (Wildman–Crippen LogP) is 5.00. The maximum absolute atomic E-state index is 12.9. The summed E-state index contributed by atoms with van der Waals surface area (Å²) in [5, 5.41) is 2.75. The molecule has 0 spiro atoms. The highest BCUT2D eigenvalue weighted by molar-refractivity contribution is 7.12. The fraction of sp³-hybridized carbons (Fsp3) is 0.318. The summed E-state index contributed by atoms with van der Waals surface area (Å²) >= 11 is 1.44. The molecule has 4 nitrogen and oxygen atoms in total. The van der Waals surface area contributed by atoms with Gasteiger partial charge in [0.15, 0.2) is 5.78 Å². The number of Topliss-reactive ketones (excluding diaryl/α,β-unsaturated/α-hetero) is 1. The number of esters is 1. The number of thiophene rings is 1. The van der Waals surface area contributed by atoms with Gasteiger partial charge in [0.05, 0.1) is 22.6 Å². The highest BCUT2D eigenvalue weighted by Crippen LogP contribution is 2.29. The zero-order valence-corrected chi connectivity index (χ0v) is 15.9. The molecular formula is C22H21NO3S. The van der Waals surface area contributed by atoms with E-state index in [4.69, 9.17) is 9.72 Å². The Kier molecular flexibility index (Phi) is 5.30. The fourth-order valence-electron chi connectivity index (χ4n) is 3.64. The lowest BCUT2D eigenvalue weighted by atomic mass is 9.90. The van der Waals surface area contributed by atoms with Crippen molar-refractivity contribution < 1.29 is 14.3 Å². The van der Waals surface area contributed by atoms with E-state index in [1.807, 2.05) is 41.8 Å². The molecule has 0 saturated heterocycles. The van der Waals surface area contributed by atoms with E-state index >= 15 is 0 Å². The van der Waals surface area contributed by atoms with Gasteiger partial charge in [0.1, 0.15) is 0 Å². The van der Waals surface area contributed by atoms with Gasteiger partial charge < -0.3 is 4.74 Å². The van der Waals surface area contributed by atoms with Gasteiger partial charge in [-0.3, -0.25) is 9.78 Å².